The van der Waals surface area contributed by atoms with E-state index in [1.54, 1.807) is 32.4 Å². The van der Waals surface area contributed by atoms with Gasteiger partial charge in [-0.15, -0.1) is 0 Å². The Balaban J connectivity index is 1.67. The molecule has 0 radical (unpaired) electrons. The minimum absolute atomic E-state index is 0.0359. The van der Waals surface area contributed by atoms with Crippen LogP contribution in [0.5, 0.6) is 11.5 Å². The first-order valence-corrected chi connectivity index (χ1v) is 9.06. The van der Waals surface area contributed by atoms with E-state index in [2.05, 4.69) is 0 Å². The number of benzene rings is 1. The number of methoxy groups -OCH3 is 2. The normalized spacial score (nSPS) is 24.2. The summed E-state index contributed by atoms with van der Waals surface area (Å²) < 4.78 is 16.3. The van der Waals surface area contributed by atoms with Crippen LogP contribution in [0.3, 0.4) is 0 Å². The molecule has 1 aliphatic carbocycles. The van der Waals surface area contributed by atoms with Gasteiger partial charge in [-0.25, -0.2) is 0 Å². The first-order valence-electron chi connectivity index (χ1n) is 9.06. The third kappa shape index (κ3) is 3.26. The zero-order chi connectivity index (χ0) is 18.7. The van der Waals surface area contributed by atoms with E-state index in [1.807, 2.05) is 4.90 Å². The van der Waals surface area contributed by atoms with E-state index < -0.39 is 0 Å². The average molecular weight is 364 g/mol. The highest BCUT2D eigenvalue weighted by molar-refractivity contribution is 5.97. The molecule has 1 aliphatic heterocycles. The largest absolute Gasteiger partial charge is 0.497 e. The molecule has 1 aromatic carbocycles. The van der Waals surface area contributed by atoms with Crippen molar-refractivity contribution in [1.82, 2.24) is 4.90 Å². The van der Waals surface area contributed by atoms with Crippen LogP contribution in [0, 0.1) is 5.41 Å². The van der Waals surface area contributed by atoms with Crippen LogP contribution in [0.2, 0.25) is 0 Å². The van der Waals surface area contributed by atoms with Gasteiger partial charge in [0.05, 0.1) is 38.6 Å². The molecule has 3 N–H and O–H groups in total. The van der Waals surface area contributed by atoms with E-state index in [-0.39, 0.29) is 23.5 Å². The second-order valence-electron chi connectivity index (χ2n) is 6.99. The van der Waals surface area contributed by atoms with Crippen LogP contribution >= 0.6 is 0 Å². The van der Waals surface area contributed by atoms with Gasteiger partial charge in [0, 0.05) is 37.5 Å². The summed E-state index contributed by atoms with van der Waals surface area (Å²) >= 11 is 0. The molecule has 1 aromatic rings. The quantitative estimate of drug-likeness (QED) is 0.783. The molecule has 0 unspecified atom stereocenters. The van der Waals surface area contributed by atoms with Gasteiger partial charge in [-0.2, -0.15) is 0 Å². The molecule has 7 nitrogen and oxygen atoms in total. The van der Waals surface area contributed by atoms with Gasteiger partial charge in [0.1, 0.15) is 11.5 Å². The molecule has 1 amide bonds. The van der Waals surface area contributed by atoms with Crippen molar-refractivity contribution in [2.45, 2.75) is 31.5 Å². The van der Waals surface area contributed by atoms with Gasteiger partial charge in [0.25, 0.3) is 5.91 Å². The Morgan fingerprint density at radius 1 is 1.31 bits per heavy atom. The van der Waals surface area contributed by atoms with Crippen molar-refractivity contribution in [3.05, 3.63) is 23.8 Å². The summed E-state index contributed by atoms with van der Waals surface area (Å²) in [6.07, 6.45) is 1.79. The molecule has 1 saturated carbocycles. The molecule has 2 fully saturated rings. The number of carbonyl (C=O) groups is 1. The Labute approximate surface area is 154 Å². The lowest BCUT2D eigenvalue weighted by Gasteiger charge is -2.56. The molecule has 7 heteroatoms. The zero-order valence-electron chi connectivity index (χ0n) is 15.4. The maximum Gasteiger partial charge on any atom is 0.257 e. The third-order valence-corrected chi connectivity index (χ3v) is 5.80. The van der Waals surface area contributed by atoms with Crippen molar-refractivity contribution in [2.75, 3.05) is 40.5 Å². The van der Waals surface area contributed by atoms with E-state index in [4.69, 9.17) is 19.9 Å². The molecule has 0 aromatic heterocycles. The number of rotatable bonds is 6. The highest BCUT2D eigenvalue weighted by Gasteiger charge is 2.56. The van der Waals surface area contributed by atoms with E-state index >= 15 is 0 Å². The summed E-state index contributed by atoms with van der Waals surface area (Å²) in [6.45, 7) is 2.16. The molecule has 1 heterocycles. The van der Waals surface area contributed by atoms with Crippen LogP contribution in [0.4, 0.5) is 0 Å². The minimum Gasteiger partial charge on any atom is -0.497 e. The molecule has 1 spiro atoms. The molecule has 3 rings (SSSR count). The molecule has 1 saturated heterocycles. The molecule has 2 atom stereocenters. The van der Waals surface area contributed by atoms with Crippen LogP contribution in [0.1, 0.15) is 29.6 Å². The van der Waals surface area contributed by atoms with Gasteiger partial charge in [0.2, 0.25) is 0 Å². The van der Waals surface area contributed by atoms with Crippen LogP contribution in [-0.4, -0.2) is 68.6 Å². The van der Waals surface area contributed by atoms with Crippen LogP contribution in [-0.2, 0) is 4.74 Å². The van der Waals surface area contributed by atoms with Crippen molar-refractivity contribution in [3.8, 4) is 11.5 Å². The number of nitrogens with zero attached hydrogens (tertiary/aromatic N) is 1. The monoisotopic (exact) mass is 364 g/mol. The number of carbonyl (C=O) groups excluding carboxylic acids is 1. The number of hydrogen-bond acceptors (Lipinski definition) is 6. The highest BCUT2D eigenvalue weighted by atomic mass is 16.5. The summed E-state index contributed by atoms with van der Waals surface area (Å²) in [5.74, 6) is 1.09. The molecular weight excluding hydrogens is 336 g/mol. The summed E-state index contributed by atoms with van der Waals surface area (Å²) in [5.41, 5.74) is 5.80. The lowest BCUT2D eigenvalue weighted by Crippen LogP contribution is -2.62. The number of piperidine rings is 1. The van der Waals surface area contributed by atoms with Crippen molar-refractivity contribution in [2.24, 2.45) is 11.1 Å². The topological polar surface area (TPSA) is 94.2 Å². The van der Waals surface area contributed by atoms with E-state index in [0.717, 1.165) is 12.8 Å². The van der Waals surface area contributed by atoms with Gasteiger partial charge in [-0.3, -0.25) is 4.79 Å². The van der Waals surface area contributed by atoms with E-state index in [1.165, 1.54) is 0 Å². The summed E-state index contributed by atoms with van der Waals surface area (Å²) in [4.78, 5) is 14.7. The Hall–Kier alpha value is -1.83. The van der Waals surface area contributed by atoms with E-state index in [9.17, 15) is 9.90 Å². The Morgan fingerprint density at radius 3 is 2.62 bits per heavy atom. The summed E-state index contributed by atoms with van der Waals surface area (Å²) in [7, 11) is 3.12. The Morgan fingerprint density at radius 2 is 2.04 bits per heavy atom. The smallest absolute Gasteiger partial charge is 0.257 e. The predicted octanol–water partition coefficient (Wildman–Crippen LogP) is 1.03. The number of aliphatic hydroxyl groups excluding tert-OH is 1. The van der Waals surface area contributed by atoms with Gasteiger partial charge in [-0.1, -0.05) is 0 Å². The summed E-state index contributed by atoms with van der Waals surface area (Å²) in [6, 6.07) is 5.20. The van der Waals surface area contributed by atoms with Crippen LogP contribution < -0.4 is 15.2 Å². The predicted molar refractivity (Wildman–Crippen MR) is 96.5 cm³/mol. The van der Waals surface area contributed by atoms with Crippen molar-refractivity contribution in [3.63, 3.8) is 0 Å². The number of aliphatic hydroxyl groups is 1. The van der Waals surface area contributed by atoms with E-state index in [0.29, 0.717) is 49.7 Å². The van der Waals surface area contributed by atoms with Crippen LogP contribution in [0.15, 0.2) is 18.2 Å². The zero-order valence-corrected chi connectivity index (χ0v) is 15.4. The van der Waals surface area contributed by atoms with Crippen molar-refractivity contribution >= 4 is 5.91 Å². The molecule has 2 aliphatic rings. The molecule has 0 bridgehead atoms. The standard InChI is InChI=1S/C19H28N2O5/c1-24-13-3-4-14(15(11-13)25-2)18(23)21-8-5-19(6-9-21)16(22)12-17(19)26-10-7-20/h3-4,11,16-17,22H,5-10,12,20H2,1-2H3/t16-,17+/m1/s1. The minimum atomic E-state index is -0.363. The van der Waals surface area contributed by atoms with Crippen molar-refractivity contribution in [1.29, 1.82) is 0 Å². The number of ether oxygens (including phenoxy) is 3. The fourth-order valence-corrected chi connectivity index (χ4v) is 4.10. The number of amides is 1. The second-order valence-corrected chi connectivity index (χ2v) is 6.99. The number of likely N-dealkylation sites (tertiary alicyclic amines) is 1. The number of hydrogen-bond donors (Lipinski definition) is 2. The Bertz CT molecular complexity index is 643. The summed E-state index contributed by atoms with van der Waals surface area (Å²) in [5, 5.41) is 10.3. The third-order valence-electron chi connectivity index (χ3n) is 5.80. The van der Waals surface area contributed by atoms with Crippen LogP contribution in [0.25, 0.3) is 0 Å². The second kappa shape index (κ2) is 7.82. The SMILES string of the molecule is COc1ccc(C(=O)N2CCC3(CC2)[C@H](O)C[C@@H]3OCCN)c(OC)c1. The first kappa shape index (κ1) is 18.9. The average Bonchev–Trinajstić information content (AvgIpc) is 2.69. The fourth-order valence-electron chi connectivity index (χ4n) is 4.10. The van der Waals surface area contributed by atoms with Gasteiger partial charge >= 0.3 is 0 Å². The maximum atomic E-state index is 12.9. The lowest BCUT2D eigenvalue weighted by molar-refractivity contribution is -0.207. The van der Waals surface area contributed by atoms with Gasteiger partial charge < -0.3 is 30.0 Å². The molecule has 26 heavy (non-hydrogen) atoms. The van der Waals surface area contributed by atoms with Crippen molar-refractivity contribution < 1.29 is 24.1 Å². The van der Waals surface area contributed by atoms with Gasteiger partial charge in [0.15, 0.2) is 0 Å². The maximum absolute atomic E-state index is 12.9. The molecular formula is C19H28N2O5. The molecule has 144 valence electrons. The lowest BCUT2D eigenvalue weighted by atomic mass is 9.58. The number of nitrogens with two attached hydrogens (primary N) is 1. The first-order chi connectivity index (χ1) is 12.6. The highest BCUT2D eigenvalue weighted by Crippen LogP contribution is 2.51. The Kier molecular flexibility index (Phi) is 5.70. The van der Waals surface area contributed by atoms with Gasteiger partial charge in [-0.05, 0) is 25.0 Å². The fraction of sp³-hybridized carbons (Fsp3) is 0.632.